The lowest BCUT2D eigenvalue weighted by molar-refractivity contribution is 0.0900. The van der Waals surface area contributed by atoms with Gasteiger partial charge in [-0.25, -0.2) is 9.07 Å². The van der Waals surface area contributed by atoms with Crippen LogP contribution in [0.15, 0.2) is 54.6 Å². The molecule has 1 aliphatic rings. The molecule has 26 heavy (non-hydrogen) atoms. The van der Waals surface area contributed by atoms with Crippen molar-refractivity contribution in [2.75, 3.05) is 6.54 Å². The number of carbonyl (C=O) groups excluding carboxylic acids is 1. The Hall–Kier alpha value is -2.70. The van der Waals surface area contributed by atoms with Gasteiger partial charge in [-0.2, -0.15) is 5.10 Å². The van der Waals surface area contributed by atoms with Crippen LogP contribution in [0.25, 0.3) is 11.3 Å². The van der Waals surface area contributed by atoms with Gasteiger partial charge in [0.2, 0.25) is 0 Å². The van der Waals surface area contributed by atoms with Crippen LogP contribution >= 0.6 is 11.6 Å². The fourth-order valence-corrected chi connectivity index (χ4v) is 3.05. The summed E-state index contributed by atoms with van der Waals surface area (Å²) in [6.45, 7) is 1.05. The number of rotatable bonds is 4. The monoisotopic (exact) mass is 370 g/mol. The van der Waals surface area contributed by atoms with E-state index in [1.807, 2.05) is 24.3 Å². The molecule has 0 radical (unpaired) electrons. The van der Waals surface area contributed by atoms with Gasteiger partial charge in [0.15, 0.2) is 0 Å². The molecule has 0 spiro atoms. The van der Waals surface area contributed by atoms with Crippen molar-refractivity contribution in [1.29, 1.82) is 0 Å². The lowest BCUT2D eigenvalue weighted by atomic mass is 10.1. The molecule has 1 amide bonds. The minimum atomic E-state index is -0.307. The van der Waals surface area contributed by atoms with E-state index in [-0.39, 0.29) is 17.9 Å². The van der Waals surface area contributed by atoms with Crippen LogP contribution in [0.4, 0.5) is 4.39 Å². The van der Waals surface area contributed by atoms with Crippen molar-refractivity contribution in [3.8, 4) is 11.3 Å². The predicted molar refractivity (Wildman–Crippen MR) is 97.3 cm³/mol. The summed E-state index contributed by atoms with van der Waals surface area (Å²) in [7, 11) is 0. The van der Waals surface area contributed by atoms with E-state index < -0.39 is 0 Å². The summed E-state index contributed by atoms with van der Waals surface area (Å²) in [5, 5.41) is 11.5. The number of fused-ring (bicyclic) bond motifs is 1. The smallest absolute Gasteiger partial charge is 0.269 e. The zero-order valence-electron chi connectivity index (χ0n) is 13.7. The maximum Gasteiger partial charge on any atom is 0.269 e. The standard InChI is InChI=1S/C19H16ClFN4O/c20-14-5-1-12(2-6-14)10-22-18-11-23-19(26)17-9-16(24-25(17)18)13-3-7-15(21)8-4-13/h1-9,18,22H,10-11H2,(H,23,26). The third-order valence-electron chi connectivity index (χ3n) is 4.31. The van der Waals surface area contributed by atoms with Crippen LogP contribution < -0.4 is 10.6 Å². The Labute approximate surface area is 154 Å². The largest absolute Gasteiger partial charge is 0.347 e. The molecule has 3 aromatic rings. The van der Waals surface area contributed by atoms with Crippen LogP contribution in [-0.4, -0.2) is 22.2 Å². The van der Waals surface area contributed by atoms with Crippen molar-refractivity contribution in [1.82, 2.24) is 20.4 Å². The molecule has 1 aromatic heterocycles. The molecule has 5 nitrogen and oxygen atoms in total. The summed E-state index contributed by atoms with van der Waals surface area (Å²) in [6, 6.07) is 15.4. The van der Waals surface area contributed by atoms with Crippen molar-refractivity contribution in [3.63, 3.8) is 0 Å². The second-order valence-electron chi connectivity index (χ2n) is 6.10. The molecule has 1 aliphatic heterocycles. The van der Waals surface area contributed by atoms with E-state index in [1.54, 1.807) is 22.9 Å². The normalized spacial score (nSPS) is 16.2. The lowest BCUT2D eigenvalue weighted by Crippen LogP contribution is -2.45. The van der Waals surface area contributed by atoms with E-state index in [1.165, 1.54) is 12.1 Å². The first-order valence-corrected chi connectivity index (χ1v) is 8.59. The molecule has 0 saturated carbocycles. The minimum Gasteiger partial charge on any atom is -0.347 e. The summed E-state index contributed by atoms with van der Waals surface area (Å²) in [6.07, 6.45) is -0.174. The highest BCUT2D eigenvalue weighted by Gasteiger charge is 2.27. The summed E-state index contributed by atoms with van der Waals surface area (Å²) in [5.41, 5.74) is 2.95. The Morgan fingerprint density at radius 1 is 1.19 bits per heavy atom. The minimum absolute atomic E-state index is 0.171. The van der Waals surface area contributed by atoms with Gasteiger partial charge in [0, 0.05) is 17.1 Å². The molecule has 1 unspecified atom stereocenters. The van der Waals surface area contributed by atoms with Crippen molar-refractivity contribution in [2.45, 2.75) is 12.7 Å². The first-order chi connectivity index (χ1) is 12.6. The first-order valence-electron chi connectivity index (χ1n) is 8.22. The fraction of sp³-hybridized carbons (Fsp3) is 0.158. The highest BCUT2D eigenvalue weighted by Crippen LogP contribution is 2.23. The number of amides is 1. The van der Waals surface area contributed by atoms with E-state index in [2.05, 4.69) is 15.7 Å². The topological polar surface area (TPSA) is 59.0 Å². The van der Waals surface area contributed by atoms with Gasteiger partial charge in [-0.05, 0) is 48.0 Å². The highest BCUT2D eigenvalue weighted by atomic mass is 35.5. The number of halogens is 2. The van der Waals surface area contributed by atoms with Gasteiger partial charge in [-0.3, -0.25) is 10.1 Å². The Kier molecular flexibility index (Phi) is 4.44. The van der Waals surface area contributed by atoms with Crippen LogP contribution in [-0.2, 0) is 6.54 Å². The van der Waals surface area contributed by atoms with E-state index in [0.29, 0.717) is 29.5 Å². The first kappa shape index (κ1) is 16.8. The van der Waals surface area contributed by atoms with Crippen LogP contribution in [0.2, 0.25) is 5.02 Å². The second kappa shape index (κ2) is 6.90. The van der Waals surface area contributed by atoms with Gasteiger partial charge < -0.3 is 5.32 Å². The number of nitrogens with zero attached hydrogens (tertiary/aromatic N) is 2. The van der Waals surface area contributed by atoms with Crippen molar-refractivity contribution in [3.05, 3.63) is 76.7 Å². The van der Waals surface area contributed by atoms with Crippen LogP contribution in [0.5, 0.6) is 0 Å². The Morgan fingerprint density at radius 3 is 2.65 bits per heavy atom. The third kappa shape index (κ3) is 3.34. The van der Waals surface area contributed by atoms with Gasteiger partial charge in [0.25, 0.3) is 5.91 Å². The lowest BCUT2D eigenvalue weighted by Gasteiger charge is -2.25. The van der Waals surface area contributed by atoms with Gasteiger partial charge in [0.05, 0.1) is 12.2 Å². The SMILES string of the molecule is O=C1NCC(NCc2ccc(Cl)cc2)n2nc(-c3ccc(F)cc3)cc21. The molecule has 132 valence electrons. The van der Waals surface area contributed by atoms with E-state index in [4.69, 9.17) is 11.6 Å². The predicted octanol–water partition coefficient (Wildman–Crippen LogP) is 3.37. The zero-order valence-corrected chi connectivity index (χ0v) is 14.5. The van der Waals surface area contributed by atoms with Crippen molar-refractivity contribution in [2.24, 2.45) is 0 Å². The van der Waals surface area contributed by atoms with Crippen LogP contribution in [0.3, 0.4) is 0 Å². The van der Waals surface area contributed by atoms with Crippen molar-refractivity contribution >= 4 is 17.5 Å². The summed E-state index contributed by atoms with van der Waals surface area (Å²) >= 11 is 5.91. The molecule has 7 heteroatoms. The average Bonchev–Trinajstić information content (AvgIpc) is 3.10. The average molecular weight is 371 g/mol. The molecule has 2 aromatic carbocycles. The van der Waals surface area contributed by atoms with Crippen molar-refractivity contribution < 1.29 is 9.18 Å². The fourth-order valence-electron chi connectivity index (χ4n) is 2.93. The third-order valence-corrected chi connectivity index (χ3v) is 4.57. The summed E-state index contributed by atoms with van der Waals surface area (Å²) in [4.78, 5) is 12.2. The second-order valence-corrected chi connectivity index (χ2v) is 6.54. The number of hydrogen-bond donors (Lipinski definition) is 2. The van der Waals surface area contributed by atoms with Gasteiger partial charge >= 0.3 is 0 Å². The summed E-state index contributed by atoms with van der Waals surface area (Å²) in [5.74, 6) is -0.478. The number of carbonyl (C=O) groups is 1. The molecular formula is C19H16ClFN4O. The molecule has 2 heterocycles. The van der Waals surface area contributed by atoms with E-state index in [9.17, 15) is 9.18 Å². The number of benzene rings is 2. The van der Waals surface area contributed by atoms with Gasteiger partial charge in [-0.15, -0.1) is 0 Å². The maximum absolute atomic E-state index is 13.1. The molecule has 4 rings (SSSR count). The molecular weight excluding hydrogens is 355 g/mol. The Balaban J connectivity index is 1.58. The molecule has 0 aliphatic carbocycles. The van der Waals surface area contributed by atoms with Gasteiger partial charge in [0.1, 0.15) is 17.7 Å². The zero-order chi connectivity index (χ0) is 18.1. The number of aromatic nitrogens is 2. The Morgan fingerprint density at radius 2 is 1.92 bits per heavy atom. The molecule has 0 fully saturated rings. The maximum atomic E-state index is 13.1. The molecule has 0 bridgehead atoms. The highest BCUT2D eigenvalue weighted by molar-refractivity contribution is 6.30. The number of nitrogens with one attached hydrogen (secondary N) is 2. The number of hydrogen-bond acceptors (Lipinski definition) is 3. The van der Waals surface area contributed by atoms with E-state index in [0.717, 1.165) is 11.1 Å². The quantitative estimate of drug-likeness (QED) is 0.740. The van der Waals surface area contributed by atoms with E-state index >= 15 is 0 Å². The van der Waals surface area contributed by atoms with Crippen LogP contribution in [0.1, 0.15) is 22.2 Å². The Bertz CT molecular complexity index is 937. The molecule has 0 saturated heterocycles. The summed E-state index contributed by atoms with van der Waals surface area (Å²) < 4.78 is 14.8. The van der Waals surface area contributed by atoms with Gasteiger partial charge in [-0.1, -0.05) is 23.7 Å². The molecule has 2 N–H and O–H groups in total. The molecule has 1 atom stereocenters. The van der Waals surface area contributed by atoms with Crippen LogP contribution in [0, 0.1) is 5.82 Å².